The Kier molecular flexibility index (Phi) is 5.72. The van der Waals surface area contributed by atoms with Gasteiger partial charge in [0, 0.05) is 7.05 Å². The molecule has 1 heterocycles. The lowest BCUT2D eigenvalue weighted by molar-refractivity contribution is -0.118. The van der Waals surface area contributed by atoms with Gasteiger partial charge in [0.2, 0.25) is 0 Å². The number of carbonyl (C=O) groups is 1. The van der Waals surface area contributed by atoms with Gasteiger partial charge < -0.3 is 4.57 Å². The van der Waals surface area contributed by atoms with Crippen molar-refractivity contribution in [3.63, 3.8) is 0 Å². The van der Waals surface area contributed by atoms with Crippen LogP contribution >= 0.6 is 11.8 Å². The number of hydrogen-bond donors (Lipinski definition) is 1. The minimum Gasteiger partial charge on any atom is -0.322 e. The average molecular weight is 401 g/mol. The predicted octanol–water partition coefficient (Wildman–Crippen LogP) is 4.48. The standard InChI is InChI=1S/C23H20N4OS/c1-27-21-10-6-5-9-20(21)25-23(27)29-16-22(28)26-24-15-17-11-13-19(14-12-17)18-7-3-2-4-8-18/h2-15H,16H2,1H3,(H,26,28). The van der Waals surface area contributed by atoms with E-state index in [0.29, 0.717) is 0 Å². The van der Waals surface area contributed by atoms with Gasteiger partial charge in [-0.2, -0.15) is 5.10 Å². The van der Waals surface area contributed by atoms with Gasteiger partial charge in [0.1, 0.15) is 0 Å². The summed E-state index contributed by atoms with van der Waals surface area (Å²) in [6, 6.07) is 26.1. The summed E-state index contributed by atoms with van der Waals surface area (Å²) in [6.45, 7) is 0. The van der Waals surface area contributed by atoms with Crippen molar-refractivity contribution in [1.82, 2.24) is 15.0 Å². The molecular weight excluding hydrogens is 380 g/mol. The molecule has 29 heavy (non-hydrogen) atoms. The molecule has 0 atom stereocenters. The molecule has 1 aromatic heterocycles. The van der Waals surface area contributed by atoms with Crippen molar-refractivity contribution in [3.05, 3.63) is 84.4 Å². The molecule has 4 rings (SSSR count). The Morgan fingerprint density at radius 1 is 1.00 bits per heavy atom. The molecule has 0 saturated heterocycles. The van der Waals surface area contributed by atoms with Crippen molar-refractivity contribution >= 4 is 34.9 Å². The summed E-state index contributed by atoms with van der Waals surface area (Å²) in [7, 11) is 1.95. The van der Waals surface area contributed by atoms with E-state index in [2.05, 4.69) is 27.6 Å². The van der Waals surface area contributed by atoms with Gasteiger partial charge in [-0.15, -0.1) is 0 Å². The molecule has 1 amide bonds. The van der Waals surface area contributed by atoms with Crippen molar-refractivity contribution in [2.75, 3.05) is 5.75 Å². The van der Waals surface area contributed by atoms with Crippen molar-refractivity contribution in [3.8, 4) is 11.1 Å². The molecule has 144 valence electrons. The molecule has 0 aliphatic carbocycles. The largest absolute Gasteiger partial charge is 0.322 e. The van der Waals surface area contributed by atoms with E-state index in [-0.39, 0.29) is 11.7 Å². The van der Waals surface area contributed by atoms with E-state index in [1.807, 2.05) is 78.3 Å². The molecule has 0 aliphatic rings. The van der Waals surface area contributed by atoms with Gasteiger partial charge >= 0.3 is 0 Å². The van der Waals surface area contributed by atoms with Crippen molar-refractivity contribution in [2.24, 2.45) is 12.1 Å². The third-order valence-electron chi connectivity index (χ3n) is 4.50. The number of imidazole rings is 1. The second kappa shape index (κ2) is 8.75. The molecule has 5 nitrogen and oxygen atoms in total. The zero-order chi connectivity index (χ0) is 20.1. The van der Waals surface area contributed by atoms with E-state index in [1.54, 1.807) is 6.21 Å². The number of hydrogen-bond acceptors (Lipinski definition) is 4. The molecule has 0 aliphatic heterocycles. The first-order chi connectivity index (χ1) is 14.2. The minimum atomic E-state index is -0.167. The highest BCUT2D eigenvalue weighted by Gasteiger charge is 2.09. The van der Waals surface area contributed by atoms with Crippen LogP contribution in [0, 0.1) is 0 Å². The number of aryl methyl sites for hydroxylation is 1. The van der Waals surface area contributed by atoms with Crippen molar-refractivity contribution in [2.45, 2.75) is 5.16 Å². The molecule has 0 fully saturated rings. The number of para-hydroxylation sites is 2. The summed E-state index contributed by atoms with van der Waals surface area (Å²) in [5, 5.41) is 4.86. The number of hydrazone groups is 1. The van der Waals surface area contributed by atoms with Crippen LogP contribution in [-0.4, -0.2) is 27.4 Å². The Morgan fingerprint density at radius 2 is 1.69 bits per heavy atom. The summed E-state index contributed by atoms with van der Waals surface area (Å²) in [6.07, 6.45) is 1.65. The normalized spacial score (nSPS) is 11.2. The Hall–Kier alpha value is -3.38. The topological polar surface area (TPSA) is 59.3 Å². The Labute approximate surface area is 173 Å². The first kappa shape index (κ1) is 19.0. The smallest absolute Gasteiger partial charge is 0.250 e. The highest BCUT2D eigenvalue weighted by molar-refractivity contribution is 7.99. The van der Waals surface area contributed by atoms with E-state index in [0.717, 1.165) is 27.3 Å². The SMILES string of the molecule is Cn1c(SCC(=O)NN=Cc2ccc(-c3ccccc3)cc2)nc2ccccc21. The zero-order valence-electron chi connectivity index (χ0n) is 15.9. The minimum absolute atomic E-state index is 0.167. The number of aromatic nitrogens is 2. The molecular formula is C23H20N4OS. The van der Waals surface area contributed by atoms with Crippen molar-refractivity contribution in [1.29, 1.82) is 0 Å². The second-order valence-corrected chi connectivity index (χ2v) is 7.45. The highest BCUT2D eigenvalue weighted by Crippen LogP contribution is 2.22. The fraction of sp³-hybridized carbons (Fsp3) is 0.0870. The maximum atomic E-state index is 12.1. The number of amides is 1. The van der Waals surface area contributed by atoms with Crippen LogP contribution in [0.3, 0.4) is 0 Å². The van der Waals surface area contributed by atoms with Gasteiger partial charge in [0.05, 0.1) is 23.0 Å². The number of carbonyl (C=O) groups excluding carboxylic acids is 1. The molecule has 0 bridgehead atoms. The van der Waals surface area contributed by atoms with Gasteiger partial charge in [-0.3, -0.25) is 4.79 Å². The molecule has 1 N–H and O–H groups in total. The Bertz CT molecular complexity index is 1150. The predicted molar refractivity (Wildman–Crippen MR) is 119 cm³/mol. The van der Waals surface area contributed by atoms with Gasteiger partial charge in [-0.05, 0) is 28.8 Å². The molecule has 0 unspecified atom stereocenters. The highest BCUT2D eigenvalue weighted by atomic mass is 32.2. The van der Waals surface area contributed by atoms with Gasteiger partial charge in [0.25, 0.3) is 5.91 Å². The molecule has 6 heteroatoms. The first-order valence-electron chi connectivity index (χ1n) is 9.22. The molecule has 0 radical (unpaired) electrons. The van der Waals surface area contributed by atoms with E-state index >= 15 is 0 Å². The summed E-state index contributed by atoms with van der Waals surface area (Å²) in [5.41, 5.74) is 7.79. The van der Waals surface area contributed by atoms with Gasteiger partial charge in [-0.25, -0.2) is 10.4 Å². The monoisotopic (exact) mass is 400 g/mol. The van der Waals surface area contributed by atoms with Crippen LogP contribution < -0.4 is 5.43 Å². The summed E-state index contributed by atoms with van der Waals surface area (Å²) < 4.78 is 1.99. The maximum absolute atomic E-state index is 12.1. The van der Waals surface area contributed by atoms with E-state index in [4.69, 9.17) is 0 Å². The lowest BCUT2D eigenvalue weighted by Crippen LogP contribution is -2.19. The average Bonchev–Trinajstić information content (AvgIpc) is 3.09. The fourth-order valence-corrected chi connectivity index (χ4v) is 3.77. The zero-order valence-corrected chi connectivity index (χ0v) is 16.8. The van der Waals surface area contributed by atoms with E-state index < -0.39 is 0 Å². The number of benzene rings is 3. The Morgan fingerprint density at radius 3 is 2.45 bits per heavy atom. The van der Waals surface area contributed by atoms with Gasteiger partial charge in [-0.1, -0.05) is 78.5 Å². The number of rotatable bonds is 6. The second-order valence-electron chi connectivity index (χ2n) is 6.51. The molecule has 0 spiro atoms. The fourth-order valence-electron chi connectivity index (χ4n) is 2.99. The van der Waals surface area contributed by atoms with E-state index in [9.17, 15) is 4.79 Å². The van der Waals surface area contributed by atoms with Crippen LogP contribution in [0.25, 0.3) is 22.2 Å². The number of thioether (sulfide) groups is 1. The number of fused-ring (bicyclic) bond motifs is 1. The van der Waals surface area contributed by atoms with Crippen LogP contribution in [-0.2, 0) is 11.8 Å². The number of nitrogens with zero attached hydrogens (tertiary/aromatic N) is 3. The van der Waals surface area contributed by atoms with Gasteiger partial charge in [0.15, 0.2) is 5.16 Å². The lowest BCUT2D eigenvalue weighted by Gasteiger charge is -2.02. The third-order valence-corrected chi connectivity index (χ3v) is 5.53. The summed E-state index contributed by atoms with van der Waals surface area (Å²) >= 11 is 1.39. The molecule has 0 saturated carbocycles. The van der Waals surface area contributed by atoms with Crippen LogP contribution in [0.4, 0.5) is 0 Å². The van der Waals surface area contributed by atoms with Crippen LogP contribution in [0.5, 0.6) is 0 Å². The van der Waals surface area contributed by atoms with Crippen LogP contribution in [0.15, 0.2) is 89.1 Å². The first-order valence-corrected chi connectivity index (χ1v) is 10.2. The lowest BCUT2D eigenvalue weighted by atomic mass is 10.0. The van der Waals surface area contributed by atoms with Crippen LogP contribution in [0.2, 0.25) is 0 Å². The Balaban J connectivity index is 1.31. The molecule has 4 aromatic rings. The summed E-state index contributed by atoms with van der Waals surface area (Å²) in [5.74, 6) is 0.0840. The van der Waals surface area contributed by atoms with Crippen molar-refractivity contribution < 1.29 is 4.79 Å². The maximum Gasteiger partial charge on any atom is 0.250 e. The third kappa shape index (κ3) is 4.55. The van der Waals surface area contributed by atoms with Crippen LogP contribution in [0.1, 0.15) is 5.56 Å². The molecule has 3 aromatic carbocycles. The quantitative estimate of drug-likeness (QED) is 0.295. The number of nitrogens with one attached hydrogen (secondary N) is 1. The summed E-state index contributed by atoms with van der Waals surface area (Å²) in [4.78, 5) is 16.6. The van der Waals surface area contributed by atoms with E-state index in [1.165, 1.54) is 17.3 Å².